The van der Waals surface area contributed by atoms with Gasteiger partial charge in [0.15, 0.2) is 11.3 Å². The van der Waals surface area contributed by atoms with Crippen molar-refractivity contribution in [3.8, 4) is 11.5 Å². The van der Waals surface area contributed by atoms with Gasteiger partial charge < -0.3 is 14.2 Å². The number of aromatic nitrogens is 1. The van der Waals surface area contributed by atoms with Crippen LogP contribution in [0.25, 0.3) is 22.6 Å². The zero-order valence-electron chi connectivity index (χ0n) is 12.3. The molecule has 0 saturated heterocycles. The molecule has 4 aromatic rings. The lowest BCUT2D eigenvalue weighted by Crippen LogP contribution is -2.10. The third-order valence-corrected chi connectivity index (χ3v) is 4.13. The number of furan rings is 1. The van der Waals surface area contributed by atoms with Crippen molar-refractivity contribution in [3.05, 3.63) is 70.2 Å². The van der Waals surface area contributed by atoms with Gasteiger partial charge in [-0.1, -0.05) is 6.07 Å². The highest BCUT2D eigenvalue weighted by molar-refractivity contribution is 14.1. The molecule has 2 aromatic heterocycles. The Morgan fingerprint density at radius 2 is 2.00 bits per heavy atom. The Morgan fingerprint density at radius 3 is 2.79 bits per heavy atom. The molecule has 0 spiro atoms. The van der Waals surface area contributed by atoms with Crippen LogP contribution in [0.1, 0.15) is 10.6 Å². The standard InChI is InChI=1S/C18H11IN2O3/c19-12-4-1-3-11(9-12)18-21-14-10-13(6-7-15(14)24-18)20-17(22)16-5-2-8-23-16/h1-10H,(H,20,22). The number of hydrogen-bond acceptors (Lipinski definition) is 4. The monoisotopic (exact) mass is 430 g/mol. The molecule has 2 aromatic carbocycles. The molecule has 24 heavy (non-hydrogen) atoms. The highest BCUT2D eigenvalue weighted by Gasteiger charge is 2.12. The first-order valence-electron chi connectivity index (χ1n) is 7.20. The zero-order chi connectivity index (χ0) is 16.5. The summed E-state index contributed by atoms with van der Waals surface area (Å²) < 4.78 is 12.0. The summed E-state index contributed by atoms with van der Waals surface area (Å²) >= 11 is 2.25. The molecule has 2 heterocycles. The average Bonchev–Trinajstić information content (AvgIpc) is 3.24. The predicted octanol–water partition coefficient (Wildman–Crippen LogP) is 4.94. The Labute approximate surface area is 150 Å². The van der Waals surface area contributed by atoms with Crippen LogP contribution in [0.4, 0.5) is 5.69 Å². The summed E-state index contributed by atoms with van der Waals surface area (Å²) in [6.07, 6.45) is 1.46. The van der Waals surface area contributed by atoms with Crippen LogP contribution in [-0.4, -0.2) is 10.9 Å². The minimum absolute atomic E-state index is 0.259. The molecule has 0 aliphatic heterocycles. The van der Waals surface area contributed by atoms with Crippen LogP contribution in [0.15, 0.2) is 69.7 Å². The second-order valence-corrected chi connectivity index (χ2v) is 6.39. The molecule has 4 rings (SSSR count). The maximum atomic E-state index is 12.0. The molecule has 0 bridgehead atoms. The summed E-state index contributed by atoms with van der Waals surface area (Å²) in [7, 11) is 0. The fraction of sp³-hybridized carbons (Fsp3) is 0. The van der Waals surface area contributed by atoms with E-state index in [0.29, 0.717) is 22.7 Å². The molecule has 0 saturated carbocycles. The minimum atomic E-state index is -0.305. The number of fused-ring (bicyclic) bond motifs is 1. The topological polar surface area (TPSA) is 68.3 Å². The summed E-state index contributed by atoms with van der Waals surface area (Å²) in [6.45, 7) is 0. The summed E-state index contributed by atoms with van der Waals surface area (Å²) in [5.74, 6) is 0.508. The van der Waals surface area contributed by atoms with Crippen LogP contribution < -0.4 is 5.32 Å². The van der Waals surface area contributed by atoms with Crippen molar-refractivity contribution in [2.24, 2.45) is 0 Å². The van der Waals surface area contributed by atoms with E-state index >= 15 is 0 Å². The summed E-state index contributed by atoms with van der Waals surface area (Å²) in [6, 6.07) is 16.5. The first-order chi connectivity index (χ1) is 11.7. The number of benzene rings is 2. The van der Waals surface area contributed by atoms with Gasteiger partial charge >= 0.3 is 0 Å². The fourth-order valence-electron chi connectivity index (χ4n) is 2.35. The molecular formula is C18H11IN2O3. The van der Waals surface area contributed by atoms with Crippen molar-refractivity contribution < 1.29 is 13.6 Å². The van der Waals surface area contributed by atoms with Gasteiger partial charge in [-0.3, -0.25) is 4.79 Å². The Hall–Kier alpha value is -2.61. The lowest BCUT2D eigenvalue weighted by atomic mass is 10.2. The molecule has 0 atom stereocenters. The van der Waals surface area contributed by atoms with E-state index in [0.717, 1.165) is 9.13 Å². The maximum absolute atomic E-state index is 12.0. The number of carbonyl (C=O) groups excluding carboxylic acids is 1. The van der Waals surface area contributed by atoms with Crippen molar-refractivity contribution in [2.45, 2.75) is 0 Å². The normalized spacial score (nSPS) is 10.9. The molecule has 118 valence electrons. The zero-order valence-corrected chi connectivity index (χ0v) is 14.5. The molecule has 0 fully saturated rings. The number of amides is 1. The van der Waals surface area contributed by atoms with Gasteiger partial charge in [0.25, 0.3) is 5.91 Å². The number of nitrogens with zero attached hydrogens (tertiary/aromatic N) is 1. The van der Waals surface area contributed by atoms with E-state index in [1.165, 1.54) is 6.26 Å². The largest absolute Gasteiger partial charge is 0.459 e. The quantitative estimate of drug-likeness (QED) is 0.468. The van der Waals surface area contributed by atoms with Gasteiger partial charge in [0, 0.05) is 14.8 Å². The lowest BCUT2D eigenvalue weighted by Gasteiger charge is -2.01. The van der Waals surface area contributed by atoms with Crippen LogP contribution in [0.3, 0.4) is 0 Å². The highest BCUT2D eigenvalue weighted by atomic mass is 127. The van der Waals surface area contributed by atoms with E-state index in [1.807, 2.05) is 24.3 Å². The van der Waals surface area contributed by atoms with Gasteiger partial charge in [0.05, 0.1) is 6.26 Å². The molecule has 0 aliphatic rings. The van der Waals surface area contributed by atoms with Crippen LogP contribution >= 0.6 is 22.6 Å². The molecular weight excluding hydrogens is 419 g/mol. The first-order valence-corrected chi connectivity index (χ1v) is 8.28. The second-order valence-electron chi connectivity index (χ2n) is 5.14. The van der Waals surface area contributed by atoms with Crippen LogP contribution in [0, 0.1) is 3.57 Å². The molecule has 1 N–H and O–H groups in total. The molecule has 0 radical (unpaired) electrons. The van der Waals surface area contributed by atoms with Crippen molar-refractivity contribution in [1.82, 2.24) is 4.98 Å². The van der Waals surface area contributed by atoms with Gasteiger partial charge in [0.2, 0.25) is 5.89 Å². The van der Waals surface area contributed by atoms with E-state index in [9.17, 15) is 4.79 Å². The van der Waals surface area contributed by atoms with Crippen LogP contribution in [0.5, 0.6) is 0 Å². The number of rotatable bonds is 3. The van der Waals surface area contributed by atoms with Gasteiger partial charge in [-0.25, -0.2) is 4.98 Å². The minimum Gasteiger partial charge on any atom is -0.459 e. The summed E-state index contributed by atoms with van der Waals surface area (Å²) in [5.41, 5.74) is 2.90. The number of anilines is 1. The number of carbonyl (C=O) groups is 1. The molecule has 6 heteroatoms. The van der Waals surface area contributed by atoms with Gasteiger partial charge in [0.1, 0.15) is 5.52 Å². The fourth-order valence-corrected chi connectivity index (χ4v) is 2.89. The Kier molecular flexibility index (Phi) is 3.81. The first kappa shape index (κ1) is 14.9. The van der Waals surface area contributed by atoms with Crippen LogP contribution in [-0.2, 0) is 0 Å². The van der Waals surface area contributed by atoms with E-state index < -0.39 is 0 Å². The molecule has 5 nitrogen and oxygen atoms in total. The Morgan fingerprint density at radius 1 is 1.08 bits per heavy atom. The van der Waals surface area contributed by atoms with E-state index in [-0.39, 0.29) is 11.7 Å². The van der Waals surface area contributed by atoms with Crippen molar-refractivity contribution in [3.63, 3.8) is 0 Å². The van der Waals surface area contributed by atoms with Gasteiger partial charge in [-0.2, -0.15) is 0 Å². The third-order valence-electron chi connectivity index (χ3n) is 3.46. The number of oxazole rings is 1. The average molecular weight is 430 g/mol. The van der Waals surface area contributed by atoms with Crippen molar-refractivity contribution in [1.29, 1.82) is 0 Å². The maximum Gasteiger partial charge on any atom is 0.291 e. The van der Waals surface area contributed by atoms with Crippen LogP contribution in [0.2, 0.25) is 0 Å². The predicted molar refractivity (Wildman–Crippen MR) is 98.8 cm³/mol. The Bertz CT molecular complexity index is 1020. The number of hydrogen-bond donors (Lipinski definition) is 1. The molecule has 0 unspecified atom stereocenters. The summed E-state index contributed by atoms with van der Waals surface area (Å²) in [5, 5.41) is 2.78. The summed E-state index contributed by atoms with van der Waals surface area (Å²) in [4.78, 5) is 16.5. The Balaban J connectivity index is 1.65. The number of halogens is 1. The number of nitrogens with one attached hydrogen (secondary N) is 1. The van der Waals surface area contributed by atoms with Gasteiger partial charge in [-0.05, 0) is 71.1 Å². The molecule has 1 amide bonds. The van der Waals surface area contributed by atoms with Gasteiger partial charge in [-0.15, -0.1) is 0 Å². The van der Waals surface area contributed by atoms with E-state index in [1.54, 1.807) is 30.3 Å². The van der Waals surface area contributed by atoms with E-state index in [4.69, 9.17) is 8.83 Å². The molecule has 0 aliphatic carbocycles. The SMILES string of the molecule is O=C(Nc1ccc2oc(-c3cccc(I)c3)nc2c1)c1ccco1. The second kappa shape index (κ2) is 6.12. The smallest absolute Gasteiger partial charge is 0.291 e. The highest BCUT2D eigenvalue weighted by Crippen LogP contribution is 2.27. The lowest BCUT2D eigenvalue weighted by molar-refractivity contribution is 0.0996. The van der Waals surface area contributed by atoms with Crippen molar-refractivity contribution in [2.75, 3.05) is 5.32 Å². The third kappa shape index (κ3) is 2.92. The van der Waals surface area contributed by atoms with Crippen molar-refractivity contribution >= 4 is 45.3 Å². The van der Waals surface area contributed by atoms with E-state index in [2.05, 4.69) is 32.9 Å².